The number of nitrogens with one attached hydrogen (secondary N) is 1. The van der Waals surface area contributed by atoms with E-state index in [2.05, 4.69) is 37.7 Å². The van der Waals surface area contributed by atoms with Crippen LogP contribution in [-0.2, 0) is 17.8 Å². The van der Waals surface area contributed by atoms with Gasteiger partial charge in [0.05, 0.1) is 17.7 Å². The van der Waals surface area contributed by atoms with E-state index in [1.54, 1.807) is 14.0 Å². The van der Waals surface area contributed by atoms with Crippen molar-refractivity contribution in [3.05, 3.63) is 77.8 Å². The molecule has 0 aliphatic heterocycles. The predicted molar refractivity (Wildman–Crippen MR) is 154 cm³/mol. The number of halogens is 3. The van der Waals surface area contributed by atoms with E-state index in [1.165, 1.54) is 16.5 Å². The fourth-order valence-electron chi connectivity index (χ4n) is 5.28. The number of benzene rings is 1. The van der Waals surface area contributed by atoms with E-state index in [9.17, 15) is 4.39 Å². The molecule has 1 aliphatic rings. The molecule has 1 aromatic carbocycles. The second-order valence-corrected chi connectivity index (χ2v) is 10.6. The van der Waals surface area contributed by atoms with Crippen LogP contribution in [-0.4, -0.2) is 39.3 Å². The van der Waals surface area contributed by atoms with Gasteiger partial charge in [-0.3, -0.25) is 10.1 Å². The van der Waals surface area contributed by atoms with Crippen molar-refractivity contribution in [2.45, 2.75) is 64.6 Å². The number of fused-ring (bicyclic) bond motifs is 1. The van der Waals surface area contributed by atoms with E-state index in [4.69, 9.17) is 21.9 Å². The third kappa shape index (κ3) is 7.10. The van der Waals surface area contributed by atoms with Crippen molar-refractivity contribution in [2.75, 3.05) is 6.61 Å². The Balaban J connectivity index is 1.83. The molecular weight excluding hydrogens is 517 g/mol. The van der Waals surface area contributed by atoms with E-state index < -0.39 is 29.5 Å². The van der Waals surface area contributed by atoms with Gasteiger partial charge in [0.1, 0.15) is 17.8 Å². The maximum atomic E-state index is 15.7. The van der Waals surface area contributed by atoms with Crippen molar-refractivity contribution in [3.63, 3.8) is 0 Å². The van der Waals surface area contributed by atoms with Gasteiger partial charge in [0.15, 0.2) is 0 Å². The Morgan fingerprint density at radius 2 is 2.12 bits per heavy atom. The largest absolute Gasteiger partial charge is 0.333 e. The van der Waals surface area contributed by atoms with Gasteiger partial charge >= 0.3 is 5.92 Å². The zero-order valence-electron chi connectivity index (χ0n) is 23.7. The van der Waals surface area contributed by atoms with E-state index in [-0.39, 0.29) is 11.4 Å². The Morgan fingerprint density at radius 3 is 2.77 bits per heavy atom. The number of rotatable bonds is 12. The number of alkyl halides is 2. The Morgan fingerprint density at radius 1 is 1.40 bits per heavy atom. The third-order valence-corrected chi connectivity index (χ3v) is 7.63. The van der Waals surface area contributed by atoms with Crippen molar-refractivity contribution < 1.29 is 18.0 Å². The van der Waals surface area contributed by atoms with Crippen LogP contribution in [0.1, 0.15) is 52.0 Å². The molecule has 0 fully saturated rings. The van der Waals surface area contributed by atoms with Crippen LogP contribution in [0.2, 0.25) is 0 Å². The summed E-state index contributed by atoms with van der Waals surface area (Å²) in [5.41, 5.74) is 7.89. The van der Waals surface area contributed by atoms with E-state index >= 15 is 8.78 Å². The Kier molecular flexibility index (Phi) is 10.5. The molecule has 0 saturated heterocycles. The summed E-state index contributed by atoms with van der Waals surface area (Å²) in [6, 6.07) is 1.45. The lowest BCUT2D eigenvalue weighted by molar-refractivity contribution is -0.0779. The van der Waals surface area contributed by atoms with Crippen molar-refractivity contribution in [1.82, 2.24) is 14.7 Å². The maximum absolute atomic E-state index is 15.7. The lowest BCUT2D eigenvalue weighted by atomic mass is 9.86. The van der Waals surface area contributed by atoms with Gasteiger partial charge in [-0.1, -0.05) is 50.3 Å². The molecule has 7 nitrogen and oxygen atoms in total. The number of amidine groups is 1. The second kappa shape index (κ2) is 13.4. The van der Waals surface area contributed by atoms with E-state index in [0.717, 1.165) is 47.9 Å². The third-order valence-electron chi connectivity index (χ3n) is 7.63. The minimum Gasteiger partial charge on any atom is -0.333 e. The molecule has 1 aliphatic carbocycles. The normalized spacial score (nSPS) is 19.7. The molecule has 40 heavy (non-hydrogen) atoms. The summed E-state index contributed by atoms with van der Waals surface area (Å²) in [5.74, 6) is 0.782. The molecule has 0 amide bonds. The van der Waals surface area contributed by atoms with Gasteiger partial charge in [0, 0.05) is 30.7 Å². The molecule has 1 aromatic heterocycles. The lowest BCUT2D eigenvalue weighted by Gasteiger charge is -2.39. The number of nitrogens with zero attached hydrogens (tertiary/aromatic N) is 3. The highest BCUT2D eigenvalue weighted by Crippen LogP contribution is 2.37. The molecule has 0 saturated carbocycles. The van der Waals surface area contributed by atoms with Crippen LogP contribution in [0.15, 0.2) is 66.4 Å². The summed E-state index contributed by atoms with van der Waals surface area (Å²) >= 11 is 0. The molecule has 0 spiro atoms. The van der Waals surface area contributed by atoms with Crippen molar-refractivity contribution in [2.24, 2.45) is 30.5 Å². The predicted octanol–water partition coefficient (Wildman–Crippen LogP) is 6.09. The quantitative estimate of drug-likeness (QED) is 0.127. The summed E-state index contributed by atoms with van der Waals surface area (Å²) in [4.78, 5) is 5.89. The number of aromatic nitrogens is 2. The number of nitrogens with two attached hydrogens (primary N) is 2. The van der Waals surface area contributed by atoms with Gasteiger partial charge in [0.2, 0.25) is 0 Å². The van der Waals surface area contributed by atoms with E-state index in [0.29, 0.717) is 30.2 Å². The first-order chi connectivity index (χ1) is 18.9. The summed E-state index contributed by atoms with van der Waals surface area (Å²) in [5, 5.41) is 12.8. The SMILES string of the molecule is C=CC(=N)N(C(C)CC=CC1=CC(C)C(CCON)CC(CC)=C1)C(N)C(F)(F)c1cc2cn(C)nc2cc1F. The summed E-state index contributed by atoms with van der Waals surface area (Å²) < 4.78 is 47.8. The fraction of sp³-hybridized carbons (Fsp3) is 0.467. The number of aryl methyl sites for hydroxylation is 1. The van der Waals surface area contributed by atoms with Gasteiger partial charge in [-0.25, -0.2) is 10.3 Å². The van der Waals surface area contributed by atoms with E-state index in [1.807, 2.05) is 12.2 Å². The molecule has 4 unspecified atom stereocenters. The standard InChI is InChI=1S/C30H41F3N6O/c1-6-21-14-22(13-19(3)23(15-21)11-12-40-36)10-8-9-20(4)39(28(34)7-2)29(35)30(32,33)25-16-24-18-38(5)37-27(24)17-26(25)31/h7-8,10,13-14,16-20,23,29,34H,2,6,9,11-12,15,35-36H2,1,3-5H3. The first kappa shape index (κ1) is 31.3. The van der Waals surface area contributed by atoms with Crippen LogP contribution in [0, 0.1) is 23.1 Å². The zero-order chi connectivity index (χ0) is 29.6. The van der Waals surface area contributed by atoms with Crippen LogP contribution >= 0.6 is 0 Å². The molecule has 1 heterocycles. The molecular formula is C30H41F3N6O. The topological polar surface area (TPSA) is 106 Å². The minimum absolute atomic E-state index is 0.267. The summed E-state index contributed by atoms with van der Waals surface area (Å²) in [6.45, 7) is 10.1. The maximum Gasteiger partial charge on any atom is 0.308 e. The monoisotopic (exact) mass is 558 g/mol. The molecule has 5 N–H and O–H groups in total. The van der Waals surface area contributed by atoms with Gasteiger partial charge < -0.3 is 15.5 Å². The van der Waals surface area contributed by atoms with Crippen LogP contribution in [0.4, 0.5) is 13.2 Å². The van der Waals surface area contributed by atoms with Gasteiger partial charge in [-0.05, 0) is 62.2 Å². The number of hydrogen-bond acceptors (Lipinski definition) is 5. The van der Waals surface area contributed by atoms with Gasteiger partial charge in [0.25, 0.3) is 0 Å². The first-order valence-corrected chi connectivity index (χ1v) is 13.6. The minimum atomic E-state index is -3.80. The highest BCUT2D eigenvalue weighted by atomic mass is 19.3. The van der Waals surface area contributed by atoms with Crippen LogP contribution in [0.3, 0.4) is 0 Å². The first-order valence-electron chi connectivity index (χ1n) is 13.6. The highest BCUT2D eigenvalue weighted by Gasteiger charge is 2.46. The Hall–Kier alpha value is -3.21. The molecule has 4 atom stereocenters. The second-order valence-electron chi connectivity index (χ2n) is 10.6. The molecule has 3 rings (SSSR count). The molecule has 218 valence electrons. The number of allylic oxidation sites excluding steroid dienone is 5. The smallest absolute Gasteiger partial charge is 0.308 e. The average Bonchev–Trinajstić information content (AvgIpc) is 3.19. The average molecular weight is 559 g/mol. The van der Waals surface area contributed by atoms with Crippen molar-refractivity contribution >= 4 is 16.7 Å². The van der Waals surface area contributed by atoms with Crippen LogP contribution < -0.4 is 11.6 Å². The molecule has 0 bridgehead atoms. The summed E-state index contributed by atoms with van der Waals surface area (Å²) in [7, 11) is 1.63. The highest BCUT2D eigenvalue weighted by molar-refractivity contribution is 5.90. The van der Waals surface area contributed by atoms with Crippen LogP contribution in [0.25, 0.3) is 10.9 Å². The summed E-state index contributed by atoms with van der Waals surface area (Å²) in [6.07, 6.45) is 12.0. The van der Waals surface area contributed by atoms with Gasteiger partial charge in [-0.15, -0.1) is 0 Å². The van der Waals surface area contributed by atoms with Crippen molar-refractivity contribution in [3.8, 4) is 0 Å². The van der Waals surface area contributed by atoms with Gasteiger partial charge in [-0.2, -0.15) is 13.9 Å². The zero-order valence-corrected chi connectivity index (χ0v) is 23.7. The molecule has 10 heteroatoms. The van der Waals surface area contributed by atoms with Crippen molar-refractivity contribution in [1.29, 1.82) is 5.41 Å². The van der Waals surface area contributed by atoms with Crippen LogP contribution in [0.5, 0.6) is 0 Å². The molecule has 0 radical (unpaired) electrons. The Labute approximate surface area is 234 Å². The lowest BCUT2D eigenvalue weighted by Crippen LogP contribution is -2.57. The molecule has 2 aromatic rings. The number of hydrogen-bond donors (Lipinski definition) is 3. The fourth-order valence-corrected chi connectivity index (χ4v) is 5.28. The Bertz CT molecular complexity index is 1300.